The molecule has 6 heteroatoms. The van der Waals surface area contributed by atoms with Gasteiger partial charge in [0.25, 0.3) is 0 Å². The lowest BCUT2D eigenvalue weighted by Crippen LogP contribution is -2.45. The lowest BCUT2D eigenvalue weighted by Gasteiger charge is -2.34. The van der Waals surface area contributed by atoms with E-state index in [1.165, 1.54) is 6.92 Å². The molecule has 0 saturated carbocycles. The van der Waals surface area contributed by atoms with Gasteiger partial charge in [0.1, 0.15) is 5.78 Å². The Hall–Kier alpha value is -1.79. The molecule has 1 rings (SSSR count). The summed E-state index contributed by atoms with van der Waals surface area (Å²) in [4.78, 5) is 37.0. The van der Waals surface area contributed by atoms with Gasteiger partial charge in [-0.3, -0.25) is 14.4 Å². The summed E-state index contributed by atoms with van der Waals surface area (Å²) >= 11 is 0. The second-order valence-electron chi connectivity index (χ2n) is 8.45. The van der Waals surface area contributed by atoms with E-state index in [4.69, 9.17) is 4.74 Å². The second-order valence-corrected chi connectivity index (χ2v) is 8.45. The van der Waals surface area contributed by atoms with E-state index in [0.717, 1.165) is 5.57 Å². The molecule has 1 aliphatic rings. The maximum Gasteiger partial charge on any atom is 0.309 e. The molecule has 6 nitrogen and oxygen atoms in total. The summed E-state index contributed by atoms with van der Waals surface area (Å²) < 4.78 is 5.25. The normalized spacial score (nSPS) is 36.1. The van der Waals surface area contributed by atoms with Crippen molar-refractivity contribution in [1.82, 2.24) is 0 Å². The van der Waals surface area contributed by atoms with Crippen LogP contribution in [0, 0.1) is 17.3 Å². The van der Waals surface area contributed by atoms with Gasteiger partial charge in [-0.1, -0.05) is 51.5 Å². The van der Waals surface area contributed by atoms with Crippen molar-refractivity contribution in [3.63, 3.8) is 0 Å². The molecule has 0 bridgehead atoms. The molecular formula is C22H34O6. The van der Waals surface area contributed by atoms with E-state index < -0.39 is 42.0 Å². The number of ether oxygens (including phenoxy) is 1. The van der Waals surface area contributed by atoms with Gasteiger partial charge in [-0.2, -0.15) is 0 Å². The number of Topliss-reactive ketones (excluding diaryl/α,β-unsaturated/α-hetero) is 2. The van der Waals surface area contributed by atoms with E-state index in [-0.39, 0.29) is 23.9 Å². The van der Waals surface area contributed by atoms with Crippen LogP contribution in [0.1, 0.15) is 60.8 Å². The van der Waals surface area contributed by atoms with Crippen molar-refractivity contribution in [3.8, 4) is 0 Å². The minimum atomic E-state index is -1.29. The highest BCUT2D eigenvalue weighted by molar-refractivity contribution is 5.88. The van der Waals surface area contributed by atoms with Crippen molar-refractivity contribution in [2.45, 2.75) is 79.1 Å². The largest absolute Gasteiger partial charge is 0.454 e. The predicted molar refractivity (Wildman–Crippen MR) is 106 cm³/mol. The van der Waals surface area contributed by atoms with Crippen LogP contribution in [0.3, 0.4) is 0 Å². The molecule has 0 aromatic rings. The number of rotatable bonds is 1. The molecule has 1 heterocycles. The number of hydrogen-bond donors (Lipinski definition) is 2. The third kappa shape index (κ3) is 6.38. The molecule has 0 radical (unpaired) electrons. The van der Waals surface area contributed by atoms with Crippen LogP contribution in [0.25, 0.3) is 0 Å². The summed E-state index contributed by atoms with van der Waals surface area (Å²) in [6.45, 7) is 9.83. The predicted octanol–water partition coefficient (Wildman–Crippen LogP) is 2.76. The van der Waals surface area contributed by atoms with Gasteiger partial charge < -0.3 is 14.9 Å². The van der Waals surface area contributed by atoms with Gasteiger partial charge in [-0.15, -0.1) is 0 Å². The Morgan fingerprint density at radius 2 is 1.82 bits per heavy atom. The van der Waals surface area contributed by atoms with E-state index in [2.05, 4.69) is 0 Å². The molecule has 158 valence electrons. The van der Waals surface area contributed by atoms with Crippen molar-refractivity contribution in [3.05, 3.63) is 23.8 Å². The maximum atomic E-state index is 12.9. The molecule has 0 aromatic carbocycles. The first-order valence-electron chi connectivity index (χ1n) is 9.80. The Labute approximate surface area is 167 Å². The van der Waals surface area contributed by atoms with Crippen molar-refractivity contribution in [2.75, 3.05) is 0 Å². The monoisotopic (exact) mass is 394 g/mol. The third-order valence-electron chi connectivity index (χ3n) is 5.58. The van der Waals surface area contributed by atoms with Gasteiger partial charge >= 0.3 is 5.97 Å². The lowest BCUT2D eigenvalue weighted by atomic mass is 9.73. The van der Waals surface area contributed by atoms with Gasteiger partial charge in [0.15, 0.2) is 11.9 Å². The van der Waals surface area contributed by atoms with Gasteiger partial charge in [0.2, 0.25) is 0 Å². The molecule has 0 aromatic heterocycles. The molecule has 1 aliphatic heterocycles. The van der Waals surface area contributed by atoms with Gasteiger partial charge in [0, 0.05) is 18.3 Å². The van der Waals surface area contributed by atoms with Crippen molar-refractivity contribution >= 4 is 17.5 Å². The molecule has 5 unspecified atom stereocenters. The average Bonchev–Trinajstić information content (AvgIpc) is 2.61. The van der Waals surface area contributed by atoms with Crippen LogP contribution >= 0.6 is 0 Å². The van der Waals surface area contributed by atoms with Crippen LogP contribution in [0.4, 0.5) is 0 Å². The van der Waals surface area contributed by atoms with E-state index in [0.29, 0.717) is 6.42 Å². The van der Waals surface area contributed by atoms with Crippen LogP contribution < -0.4 is 0 Å². The van der Waals surface area contributed by atoms with Gasteiger partial charge in [-0.05, 0) is 20.3 Å². The molecule has 2 N–H and O–H groups in total. The van der Waals surface area contributed by atoms with Crippen LogP contribution in [-0.2, 0) is 19.1 Å². The number of aliphatic hydroxyl groups excluding tert-OH is 2. The molecule has 0 fully saturated rings. The summed E-state index contributed by atoms with van der Waals surface area (Å²) in [6.07, 6.45) is 3.02. The second kappa shape index (κ2) is 10.1. The molecule has 5 atom stereocenters. The topological polar surface area (TPSA) is 101 Å². The Balaban J connectivity index is 3.21. The van der Waals surface area contributed by atoms with Gasteiger partial charge in [0.05, 0.1) is 24.0 Å². The van der Waals surface area contributed by atoms with Crippen molar-refractivity contribution < 1.29 is 29.3 Å². The van der Waals surface area contributed by atoms with Crippen LogP contribution in [0.15, 0.2) is 23.8 Å². The van der Waals surface area contributed by atoms with Crippen molar-refractivity contribution in [1.29, 1.82) is 0 Å². The zero-order valence-corrected chi connectivity index (χ0v) is 17.8. The minimum Gasteiger partial charge on any atom is -0.454 e. The fourth-order valence-electron chi connectivity index (χ4n) is 3.25. The third-order valence-corrected chi connectivity index (χ3v) is 5.58. The Morgan fingerprint density at radius 3 is 2.39 bits per heavy atom. The lowest BCUT2D eigenvalue weighted by molar-refractivity contribution is -0.159. The first-order valence-corrected chi connectivity index (χ1v) is 9.80. The van der Waals surface area contributed by atoms with E-state index in [1.807, 2.05) is 32.1 Å². The Kier molecular flexibility index (Phi) is 8.76. The highest BCUT2D eigenvalue weighted by Crippen LogP contribution is 2.31. The summed E-state index contributed by atoms with van der Waals surface area (Å²) in [7, 11) is 0. The summed E-state index contributed by atoms with van der Waals surface area (Å²) in [5.41, 5.74) is -0.250. The summed E-state index contributed by atoms with van der Waals surface area (Å²) in [5.74, 6) is -2.29. The number of allylic oxidation sites excluding steroid dienone is 2. The number of carbonyl (C=O) groups excluding carboxylic acids is 3. The zero-order chi connectivity index (χ0) is 21.6. The smallest absolute Gasteiger partial charge is 0.309 e. The number of aliphatic hydroxyl groups is 2. The van der Waals surface area contributed by atoms with E-state index in [1.54, 1.807) is 20.8 Å². The summed E-state index contributed by atoms with van der Waals surface area (Å²) in [6, 6.07) is 0. The first-order chi connectivity index (χ1) is 12.9. The number of ketones is 2. The van der Waals surface area contributed by atoms with Crippen LogP contribution in [-0.4, -0.2) is 46.1 Å². The molecule has 0 spiro atoms. The Bertz CT molecular complexity index is 645. The van der Waals surface area contributed by atoms with E-state index in [9.17, 15) is 24.6 Å². The fourth-order valence-corrected chi connectivity index (χ4v) is 3.25. The standard InChI is InChI=1S/C22H34O6/c1-13-8-7-9-14(2)20(26)15(3)21(27)22(5,6)18(24)12-19(25)28-17(11-10-13)16(4)23/h7,9-10,14-15,17-18,20,24,26H,8,11-12H2,1-6H3/b9-7+,13-10-. The Morgan fingerprint density at radius 1 is 1.21 bits per heavy atom. The van der Waals surface area contributed by atoms with E-state index >= 15 is 0 Å². The SMILES string of the molecule is CC(=O)C1C/C=C(/C)C/C=C/C(C)C(O)C(C)C(=O)C(C)(C)C(O)CC(=O)O1. The molecule has 0 aliphatic carbocycles. The molecule has 28 heavy (non-hydrogen) atoms. The molecular weight excluding hydrogens is 360 g/mol. The first kappa shape index (κ1) is 24.2. The average molecular weight is 395 g/mol. The quantitative estimate of drug-likeness (QED) is 0.524. The zero-order valence-electron chi connectivity index (χ0n) is 17.8. The maximum absolute atomic E-state index is 12.9. The van der Waals surface area contributed by atoms with Gasteiger partial charge in [-0.25, -0.2) is 0 Å². The molecule has 0 amide bonds. The van der Waals surface area contributed by atoms with Crippen molar-refractivity contribution in [2.24, 2.45) is 17.3 Å². The van der Waals surface area contributed by atoms with Crippen LogP contribution in [0.2, 0.25) is 0 Å². The highest BCUT2D eigenvalue weighted by atomic mass is 16.5. The number of carbonyl (C=O) groups is 3. The highest BCUT2D eigenvalue weighted by Gasteiger charge is 2.42. The minimum absolute atomic E-state index is 0.248. The summed E-state index contributed by atoms with van der Waals surface area (Å²) in [5, 5.41) is 21.1. The number of cyclic esters (lactones) is 1. The number of esters is 1. The molecule has 0 saturated heterocycles. The van der Waals surface area contributed by atoms with Crippen LogP contribution in [0.5, 0.6) is 0 Å². The fraction of sp³-hybridized carbons (Fsp3) is 0.682. The number of hydrogen-bond acceptors (Lipinski definition) is 6.